The van der Waals surface area contributed by atoms with E-state index in [1.807, 2.05) is 48.3 Å². The minimum atomic E-state index is 0.735. The standard InChI is InChI=1S/C15H15N5/c1-12-2-3-13(8-17-12)9-18-14-4-5-15(19-10-14)20-7-6-16-11-20/h2-8,10-11,18H,9H2,1H3. The minimum absolute atomic E-state index is 0.735. The molecule has 1 N–H and O–H groups in total. The van der Waals surface area contributed by atoms with Gasteiger partial charge in [-0.05, 0) is 30.7 Å². The van der Waals surface area contributed by atoms with Crippen LogP contribution in [0, 0.1) is 6.92 Å². The smallest absolute Gasteiger partial charge is 0.137 e. The van der Waals surface area contributed by atoms with E-state index >= 15 is 0 Å². The van der Waals surface area contributed by atoms with Crippen molar-refractivity contribution >= 4 is 5.69 Å². The fraction of sp³-hybridized carbons (Fsp3) is 0.133. The lowest BCUT2D eigenvalue weighted by Gasteiger charge is -2.07. The van der Waals surface area contributed by atoms with Crippen LogP contribution in [0.4, 0.5) is 5.69 Å². The van der Waals surface area contributed by atoms with Crippen LogP contribution in [-0.4, -0.2) is 19.5 Å². The van der Waals surface area contributed by atoms with Crippen molar-refractivity contribution in [1.29, 1.82) is 0 Å². The van der Waals surface area contributed by atoms with Crippen molar-refractivity contribution in [2.75, 3.05) is 5.32 Å². The summed E-state index contributed by atoms with van der Waals surface area (Å²) >= 11 is 0. The second-order valence-corrected chi connectivity index (χ2v) is 4.54. The van der Waals surface area contributed by atoms with E-state index in [0.717, 1.165) is 29.3 Å². The van der Waals surface area contributed by atoms with Crippen LogP contribution in [0.2, 0.25) is 0 Å². The summed E-state index contributed by atoms with van der Waals surface area (Å²) in [5.74, 6) is 0.852. The van der Waals surface area contributed by atoms with Gasteiger partial charge in [0, 0.05) is 30.8 Å². The summed E-state index contributed by atoms with van der Waals surface area (Å²) in [7, 11) is 0. The highest BCUT2D eigenvalue weighted by atomic mass is 15.1. The Morgan fingerprint density at radius 3 is 2.70 bits per heavy atom. The van der Waals surface area contributed by atoms with E-state index in [-0.39, 0.29) is 0 Å². The average Bonchev–Trinajstić information content (AvgIpc) is 3.01. The number of aromatic nitrogens is 4. The normalized spacial score (nSPS) is 10.4. The fourth-order valence-corrected chi connectivity index (χ4v) is 1.85. The van der Waals surface area contributed by atoms with Gasteiger partial charge in [0.05, 0.1) is 11.9 Å². The first kappa shape index (κ1) is 12.3. The molecule has 0 aliphatic carbocycles. The number of imidazole rings is 1. The molecule has 0 saturated heterocycles. The first-order valence-electron chi connectivity index (χ1n) is 6.41. The van der Waals surface area contributed by atoms with Gasteiger partial charge in [0.2, 0.25) is 0 Å². The van der Waals surface area contributed by atoms with E-state index in [1.54, 1.807) is 12.5 Å². The van der Waals surface area contributed by atoms with Crippen LogP contribution in [0.25, 0.3) is 5.82 Å². The van der Waals surface area contributed by atoms with Crippen molar-refractivity contribution < 1.29 is 0 Å². The Morgan fingerprint density at radius 1 is 1.10 bits per heavy atom. The van der Waals surface area contributed by atoms with Crippen molar-refractivity contribution in [1.82, 2.24) is 19.5 Å². The molecule has 3 heterocycles. The van der Waals surface area contributed by atoms with E-state index in [2.05, 4.69) is 26.3 Å². The van der Waals surface area contributed by atoms with Gasteiger partial charge in [-0.15, -0.1) is 0 Å². The molecule has 3 aromatic rings. The molecule has 100 valence electrons. The minimum Gasteiger partial charge on any atom is -0.380 e. The van der Waals surface area contributed by atoms with Crippen LogP contribution in [0.5, 0.6) is 0 Å². The van der Waals surface area contributed by atoms with Crippen LogP contribution in [-0.2, 0) is 6.54 Å². The quantitative estimate of drug-likeness (QED) is 0.787. The molecule has 0 unspecified atom stereocenters. The molecule has 5 heteroatoms. The first-order chi connectivity index (χ1) is 9.81. The maximum absolute atomic E-state index is 4.39. The number of anilines is 1. The van der Waals surface area contributed by atoms with Crippen LogP contribution < -0.4 is 5.32 Å². The number of nitrogens with one attached hydrogen (secondary N) is 1. The van der Waals surface area contributed by atoms with Crippen LogP contribution in [0.15, 0.2) is 55.4 Å². The molecule has 20 heavy (non-hydrogen) atoms. The fourth-order valence-electron chi connectivity index (χ4n) is 1.85. The molecule has 3 aromatic heterocycles. The molecule has 5 nitrogen and oxygen atoms in total. The van der Waals surface area contributed by atoms with Crippen molar-refractivity contribution in [3.05, 3.63) is 66.6 Å². The van der Waals surface area contributed by atoms with Gasteiger partial charge in [-0.1, -0.05) is 6.07 Å². The maximum atomic E-state index is 4.39. The summed E-state index contributed by atoms with van der Waals surface area (Å²) in [5.41, 5.74) is 3.16. The Bertz CT molecular complexity index is 656. The van der Waals surface area contributed by atoms with Gasteiger partial charge in [0.25, 0.3) is 0 Å². The SMILES string of the molecule is Cc1ccc(CNc2ccc(-n3ccnc3)nc2)cn1. The Labute approximate surface area is 117 Å². The Balaban J connectivity index is 1.65. The van der Waals surface area contributed by atoms with Crippen molar-refractivity contribution in [3.63, 3.8) is 0 Å². The number of rotatable bonds is 4. The molecule has 0 aliphatic heterocycles. The average molecular weight is 265 g/mol. The maximum Gasteiger partial charge on any atom is 0.137 e. The molecular weight excluding hydrogens is 250 g/mol. The lowest BCUT2D eigenvalue weighted by Crippen LogP contribution is -2.01. The van der Waals surface area contributed by atoms with Gasteiger partial charge >= 0.3 is 0 Å². The lowest BCUT2D eigenvalue weighted by atomic mass is 10.2. The topological polar surface area (TPSA) is 55.6 Å². The van der Waals surface area contributed by atoms with Crippen LogP contribution in [0.1, 0.15) is 11.3 Å². The number of nitrogens with zero attached hydrogens (tertiary/aromatic N) is 4. The molecule has 0 spiro atoms. The van der Waals surface area contributed by atoms with E-state index in [4.69, 9.17) is 0 Å². The number of hydrogen-bond donors (Lipinski definition) is 1. The summed E-state index contributed by atoms with van der Waals surface area (Å²) < 4.78 is 1.87. The molecule has 0 aromatic carbocycles. The monoisotopic (exact) mass is 265 g/mol. The van der Waals surface area contributed by atoms with E-state index in [1.165, 1.54) is 0 Å². The zero-order valence-electron chi connectivity index (χ0n) is 11.2. The van der Waals surface area contributed by atoms with E-state index in [0.29, 0.717) is 0 Å². The van der Waals surface area contributed by atoms with Crippen molar-refractivity contribution in [2.24, 2.45) is 0 Å². The Hall–Kier alpha value is -2.69. The molecule has 0 fully saturated rings. The highest BCUT2D eigenvalue weighted by Crippen LogP contribution is 2.11. The van der Waals surface area contributed by atoms with Gasteiger partial charge < -0.3 is 5.32 Å². The predicted molar refractivity (Wildman–Crippen MR) is 77.7 cm³/mol. The first-order valence-corrected chi connectivity index (χ1v) is 6.41. The van der Waals surface area contributed by atoms with Gasteiger partial charge in [-0.2, -0.15) is 0 Å². The molecule has 0 radical (unpaired) electrons. The molecule has 3 rings (SSSR count). The van der Waals surface area contributed by atoms with E-state index < -0.39 is 0 Å². The summed E-state index contributed by atoms with van der Waals surface area (Å²) in [5, 5.41) is 3.33. The predicted octanol–water partition coefficient (Wildman–Crippen LogP) is 2.58. The molecular formula is C15H15N5. The molecule has 0 aliphatic rings. The van der Waals surface area contributed by atoms with Gasteiger partial charge in [-0.25, -0.2) is 9.97 Å². The molecule has 0 atom stereocenters. The third kappa shape index (κ3) is 2.83. The Morgan fingerprint density at radius 2 is 2.05 bits per heavy atom. The highest BCUT2D eigenvalue weighted by molar-refractivity contribution is 5.44. The second-order valence-electron chi connectivity index (χ2n) is 4.54. The number of pyridine rings is 2. The summed E-state index contributed by atoms with van der Waals surface area (Å²) in [6.45, 7) is 2.72. The highest BCUT2D eigenvalue weighted by Gasteiger charge is 1.98. The Kier molecular flexibility index (Phi) is 3.41. The van der Waals surface area contributed by atoms with Crippen LogP contribution >= 0.6 is 0 Å². The zero-order valence-corrected chi connectivity index (χ0v) is 11.2. The number of aryl methyl sites for hydroxylation is 1. The molecule has 0 amide bonds. The van der Waals surface area contributed by atoms with Crippen molar-refractivity contribution in [2.45, 2.75) is 13.5 Å². The third-order valence-corrected chi connectivity index (χ3v) is 2.99. The van der Waals surface area contributed by atoms with Crippen LogP contribution in [0.3, 0.4) is 0 Å². The lowest BCUT2D eigenvalue weighted by molar-refractivity contribution is 0.990. The molecule has 0 saturated carbocycles. The molecule has 0 bridgehead atoms. The van der Waals surface area contributed by atoms with Gasteiger partial charge in [0.1, 0.15) is 12.1 Å². The van der Waals surface area contributed by atoms with Gasteiger partial charge in [0.15, 0.2) is 0 Å². The summed E-state index contributed by atoms with van der Waals surface area (Å²) in [6.07, 6.45) is 9.03. The number of hydrogen-bond acceptors (Lipinski definition) is 4. The van der Waals surface area contributed by atoms with Crippen molar-refractivity contribution in [3.8, 4) is 5.82 Å². The van der Waals surface area contributed by atoms with Gasteiger partial charge in [-0.3, -0.25) is 9.55 Å². The third-order valence-electron chi connectivity index (χ3n) is 2.99. The largest absolute Gasteiger partial charge is 0.380 e. The summed E-state index contributed by atoms with van der Waals surface area (Å²) in [4.78, 5) is 12.7. The summed E-state index contributed by atoms with van der Waals surface area (Å²) in [6, 6.07) is 8.04. The van der Waals surface area contributed by atoms with E-state index in [9.17, 15) is 0 Å². The zero-order chi connectivity index (χ0) is 13.8. The second kappa shape index (κ2) is 5.52.